The van der Waals surface area contributed by atoms with Gasteiger partial charge in [-0.05, 0) is 55.0 Å². The van der Waals surface area contributed by atoms with Crippen LogP contribution in [0.4, 0.5) is 0 Å². The van der Waals surface area contributed by atoms with Crippen molar-refractivity contribution in [2.75, 3.05) is 6.79 Å². The first-order chi connectivity index (χ1) is 12.7. The molecule has 4 rings (SSSR count). The number of aryl methyl sites for hydroxylation is 1. The van der Waals surface area contributed by atoms with Gasteiger partial charge < -0.3 is 14.8 Å². The van der Waals surface area contributed by atoms with Crippen molar-refractivity contribution in [3.63, 3.8) is 0 Å². The zero-order valence-corrected chi connectivity index (χ0v) is 15.0. The number of carbonyl (C=O) groups is 1. The van der Waals surface area contributed by atoms with Crippen molar-refractivity contribution in [3.05, 3.63) is 59.2 Å². The number of hydrogen-bond donors (Lipinski definition) is 2. The van der Waals surface area contributed by atoms with Gasteiger partial charge in [0, 0.05) is 12.6 Å². The van der Waals surface area contributed by atoms with E-state index in [4.69, 9.17) is 9.47 Å². The van der Waals surface area contributed by atoms with E-state index in [1.54, 1.807) is 0 Å². The van der Waals surface area contributed by atoms with Gasteiger partial charge in [-0.2, -0.15) is 0 Å². The average molecular weight is 352 g/mol. The normalized spacial score (nSPS) is 18.9. The maximum Gasteiger partial charge on any atom is 0.237 e. The second-order valence-electron chi connectivity index (χ2n) is 6.94. The molecule has 1 heterocycles. The number of amides is 1. The Hall–Kier alpha value is -2.53. The van der Waals surface area contributed by atoms with Gasteiger partial charge in [0.05, 0.1) is 6.04 Å². The second-order valence-corrected chi connectivity index (χ2v) is 6.94. The quantitative estimate of drug-likeness (QED) is 0.868. The van der Waals surface area contributed by atoms with Crippen LogP contribution in [0.3, 0.4) is 0 Å². The molecule has 1 aliphatic carbocycles. The van der Waals surface area contributed by atoms with Crippen LogP contribution < -0.4 is 20.1 Å². The van der Waals surface area contributed by atoms with Crippen LogP contribution in [0.15, 0.2) is 42.5 Å². The second kappa shape index (κ2) is 7.38. The molecule has 0 aromatic heterocycles. The molecule has 2 aromatic carbocycles. The molecule has 26 heavy (non-hydrogen) atoms. The van der Waals surface area contributed by atoms with Crippen LogP contribution in [-0.4, -0.2) is 18.7 Å². The zero-order chi connectivity index (χ0) is 17.9. The van der Waals surface area contributed by atoms with Crippen molar-refractivity contribution in [1.82, 2.24) is 10.6 Å². The van der Waals surface area contributed by atoms with Gasteiger partial charge in [0.25, 0.3) is 0 Å². The molecule has 0 saturated heterocycles. The summed E-state index contributed by atoms with van der Waals surface area (Å²) >= 11 is 0. The highest BCUT2D eigenvalue weighted by Gasteiger charge is 2.23. The smallest absolute Gasteiger partial charge is 0.237 e. The van der Waals surface area contributed by atoms with Crippen molar-refractivity contribution in [2.45, 2.75) is 44.8 Å². The summed E-state index contributed by atoms with van der Waals surface area (Å²) < 4.78 is 10.7. The highest BCUT2D eigenvalue weighted by molar-refractivity contribution is 5.81. The van der Waals surface area contributed by atoms with Crippen LogP contribution in [0.25, 0.3) is 0 Å². The Morgan fingerprint density at radius 2 is 2.04 bits per heavy atom. The Bertz CT molecular complexity index is 806. The van der Waals surface area contributed by atoms with Crippen LogP contribution in [0.5, 0.6) is 11.5 Å². The molecule has 2 atom stereocenters. The molecule has 0 saturated carbocycles. The standard InChI is InChI=1S/C21H24N2O3/c1-14(23-18-8-4-6-16-5-2-3-7-17(16)18)21(24)22-12-15-9-10-19-20(11-15)26-13-25-19/h2-3,5,7,9-11,14,18,23H,4,6,8,12-13H2,1H3,(H,22,24)/t14-,18-/m1/s1. The molecule has 0 bridgehead atoms. The lowest BCUT2D eigenvalue weighted by atomic mass is 9.87. The molecule has 0 fully saturated rings. The number of benzene rings is 2. The fraction of sp³-hybridized carbons (Fsp3) is 0.381. The van der Waals surface area contributed by atoms with E-state index in [1.165, 1.54) is 11.1 Å². The molecular weight excluding hydrogens is 328 g/mol. The minimum atomic E-state index is -0.250. The Morgan fingerprint density at radius 3 is 2.96 bits per heavy atom. The molecule has 2 N–H and O–H groups in total. The SMILES string of the molecule is C[C@@H](N[C@@H]1CCCc2ccccc21)C(=O)NCc1ccc2c(c1)OCO2. The van der Waals surface area contributed by atoms with Gasteiger partial charge in [0.2, 0.25) is 12.7 Å². The summed E-state index contributed by atoms with van der Waals surface area (Å²) in [6, 6.07) is 14.3. The number of carbonyl (C=O) groups excluding carboxylic acids is 1. The summed E-state index contributed by atoms with van der Waals surface area (Å²) in [5.41, 5.74) is 3.72. The number of rotatable bonds is 5. The average Bonchev–Trinajstić information content (AvgIpc) is 3.14. The van der Waals surface area contributed by atoms with Crippen molar-refractivity contribution in [3.8, 4) is 11.5 Å². The first kappa shape index (κ1) is 16.9. The number of hydrogen-bond acceptors (Lipinski definition) is 4. The fourth-order valence-electron chi connectivity index (χ4n) is 3.70. The molecule has 0 radical (unpaired) electrons. The Labute approximate surface area is 153 Å². The third kappa shape index (κ3) is 3.53. The van der Waals surface area contributed by atoms with Gasteiger partial charge in [-0.15, -0.1) is 0 Å². The molecular formula is C21H24N2O3. The van der Waals surface area contributed by atoms with Crippen LogP contribution in [-0.2, 0) is 17.8 Å². The van der Waals surface area contributed by atoms with E-state index in [0.29, 0.717) is 6.54 Å². The third-order valence-corrected chi connectivity index (χ3v) is 5.12. The van der Waals surface area contributed by atoms with E-state index in [0.717, 1.165) is 36.3 Å². The molecule has 2 aliphatic rings. The fourth-order valence-corrected chi connectivity index (χ4v) is 3.70. The third-order valence-electron chi connectivity index (χ3n) is 5.12. The van der Waals surface area contributed by atoms with E-state index in [1.807, 2.05) is 25.1 Å². The van der Waals surface area contributed by atoms with Gasteiger partial charge in [-0.1, -0.05) is 30.3 Å². The molecule has 2 aromatic rings. The highest BCUT2D eigenvalue weighted by atomic mass is 16.7. The maximum atomic E-state index is 12.5. The van der Waals surface area contributed by atoms with Crippen molar-refractivity contribution < 1.29 is 14.3 Å². The molecule has 136 valence electrons. The maximum absolute atomic E-state index is 12.5. The van der Waals surface area contributed by atoms with Gasteiger partial charge in [0.15, 0.2) is 11.5 Å². The first-order valence-corrected chi connectivity index (χ1v) is 9.21. The molecule has 1 aliphatic heterocycles. The van der Waals surface area contributed by atoms with Crippen LogP contribution in [0, 0.1) is 0 Å². The molecule has 0 spiro atoms. The van der Waals surface area contributed by atoms with Gasteiger partial charge in [0.1, 0.15) is 0 Å². The zero-order valence-electron chi connectivity index (χ0n) is 15.0. The highest BCUT2D eigenvalue weighted by Crippen LogP contribution is 2.32. The summed E-state index contributed by atoms with van der Waals surface area (Å²) in [4.78, 5) is 12.5. The monoisotopic (exact) mass is 352 g/mol. The predicted molar refractivity (Wildman–Crippen MR) is 99.1 cm³/mol. The summed E-state index contributed by atoms with van der Waals surface area (Å²) in [6.07, 6.45) is 3.34. The Morgan fingerprint density at radius 1 is 1.19 bits per heavy atom. The molecule has 5 heteroatoms. The minimum Gasteiger partial charge on any atom is -0.454 e. The van der Waals surface area contributed by atoms with Gasteiger partial charge in [-0.25, -0.2) is 0 Å². The lowest BCUT2D eigenvalue weighted by Crippen LogP contribution is -2.44. The number of ether oxygens (including phenoxy) is 2. The van der Waals surface area contributed by atoms with Crippen molar-refractivity contribution in [2.24, 2.45) is 0 Å². The van der Waals surface area contributed by atoms with Crippen molar-refractivity contribution in [1.29, 1.82) is 0 Å². The molecule has 5 nitrogen and oxygen atoms in total. The van der Waals surface area contributed by atoms with Crippen LogP contribution in [0.1, 0.15) is 42.5 Å². The number of fused-ring (bicyclic) bond motifs is 2. The predicted octanol–water partition coefficient (Wildman–Crippen LogP) is 3.09. The van der Waals surface area contributed by atoms with E-state index >= 15 is 0 Å². The van der Waals surface area contributed by atoms with Crippen LogP contribution in [0.2, 0.25) is 0 Å². The Kier molecular flexibility index (Phi) is 4.80. The summed E-state index contributed by atoms with van der Waals surface area (Å²) in [6.45, 7) is 2.66. The molecule has 1 amide bonds. The summed E-state index contributed by atoms with van der Waals surface area (Å²) in [5, 5.41) is 6.50. The van der Waals surface area contributed by atoms with Gasteiger partial charge in [-0.3, -0.25) is 10.1 Å². The minimum absolute atomic E-state index is 0.00530. The number of nitrogens with one attached hydrogen (secondary N) is 2. The van der Waals surface area contributed by atoms with E-state index in [2.05, 4.69) is 34.9 Å². The van der Waals surface area contributed by atoms with Gasteiger partial charge >= 0.3 is 0 Å². The summed E-state index contributed by atoms with van der Waals surface area (Å²) in [5.74, 6) is 1.50. The van der Waals surface area contributed by atoms with E-state index < -0.39 is 0 Å². The Balaban J connectivity index is 1.34. The van der Waals surface area contributed by atoms with Crippen molar-refractivity contribution >= 4 is 5.91 Å². The topological polar surface area (TPSA) is 59.6 Å². The summed E-state index contributed by atoms with van der Waals surface area (Å²) in [7, 11) is 0. The van der Waals surface area contributed by atoms with E-state index in [-0.39, 0.29) is 24.8 Å². The van der Waals surface area contributed by atoms with E-state index in [9.17, 15) is 4.79 Å². The van der Waals surface area contributed by atoms with Crippen LogP contribution >= 0.6 is 0 Å². The lowest BCUT2D eigenvalue weighted by Gasteiger charge is -2.29. The largest absolute Gasteiger partial charge is 0.454 e. The molecule has 0 unspecified atom stereocenters. The first-order valence-electron chi connectivity index (χ1n) is 9.21. The lowest BCUT2D eigenvalue weighted by molar-refractivity contribution is -0.123.